The highest BCUT2D eigenvalue weighted by Gasteiger charge is 2.04. The van der Waals surface area contributed by atoms with Crippen molar-refractivity contribution in [3.63, 3.8) is 0 Å². The minimum absolute atomic E-state index is 0.846. The highest BCUT2D eigenvalue weighted by atomic mass is 127. The SMILES string of the molecule is CCCCC(CC)CNCc1ccc(I)cc1. The number of hydrogen-bond donors (Lipinski definition) is 1. The minimum atomic E-state index is 0.846. The molecule has 0 amide bonds. The maximum atomic E-state index is 3.58. The maximum absolute atomic E-state index is 3.58. The molecule has 0 fully saturated rings. The van der Waals surface area contributed by atoms with Crippen molar-refractivity contribution >= 4 is 22.6 Å². The minimum Gasteiger partial charge on any atom is -0.312 e. The first kappa shape index (κ1) is 15.0. The second kappa shape index (κ2) is 8.92. The molecule has 17 heavy (non-hydrogen) atoms. The zero-order valence-corrected chi connectivity index (χ0v) is 13.2. The molecule has 1 nitrogen and oxygen atoms in total. The van der Waals surface area contributed by atoms with Gasteiger partial charge in [-0.05, 0) is 59.2 Å². The molecule has 0 bridgehead atoms. The summed E-state index contributed by atoms with van der Waals surface area (Å²) in [5, 5.41) is 3.58. The van der Waals surface area contributed by atoms with Crippen LogP contribution in [0.3, 0.4) is 0 Å². The standard InChI is InChI=1S/C15H24IN/c1-3-5-6-13(4-2)11-17-12-14-7-9-15(16)10-8-14/h7-10,13,17H,3-6,11-12H2,1-2H3. The Kier molecular flexibility index (Phi) is 7.86. The average Bonchev–Trinajstić information content (AvgIpc) is 2.36. The lowest BCUT2D eigenvalue weighted by molar-refractivity contribution is 0.419. The van der Waals surface area contributed by atoms with Gasteiger partial charge >= 0.3 is 0 Å². The fraction of sp³-hybridized carbons (Fsp3) is 0.600. The zero-order valence-electron chi connectivity index (χ0n) is 11.0. The summed E-state index contributed by atoms with van der Waals surface area (Å²) in [4.78, 5) is 0. The molecule has 0 heterocycles. The van der Waals surface area contributed by atoms with Crippen LogP contribution < -0.4 is 5.32 Å². The molecule has 1 atom stereocenters. The van der Waals surface area contributed by atoms with Crippen molar-refractivity contribution in [3.8, 4) is 0 Å². The van der Waals surface area contributed by atoms with E-state index in [0.717, 1.165) is 19.0 Å². The quantitative estimate of drug-likeness (QED) is 0.679. The highest BCUT2D eigenvalue weighted by Crippen LogP contribution is 2.12. The fourth-order valence-electron chi connectivity index (χ4n) is 1.97. The Morgan fingerprint density at radius 2 is 1.88 bits per heavy atom. The normalized spacial score (nSPS) is 12.6. The molecule has 96 valence electrons. The molecule has 1 unspecified atom stereocenters. The van der Waals surface area contributed by atoms with Crippen molar-refractivity contribution in [2.75, 3.05) is 6.54 Å². The molecule has 0 saturated heterocycles. The van der Waals surface area contributed by atoms with Gasteiger partial charge in [-0.2, -0.15) is 0 Å². The smallest absolute Gasteiger partial charge is 0.0205 e. The Morgan fingerprint density at radius 3 is 2.47 bits per heavy atom. The Morgan fingerprint density at radius 1 is 1.18 bits per heavy atom. The third-order valence-electron chi connectivity index (χ3n) is 3.22. The molecule has 1 aromatic rings. The van der Waals surface area contributed by atoms with Crippen LogP contribution in [0.2, 0.25) is 0 Å². The third kappa shape index (κ3) is 6.41. The van der Waals surface area contributed by atoms with E-state index in [-0.39, 0.29) is 0 Å². The first-order chi connectivity index (χ1) is 8.26. The van der Waals surface area contributed by atoms with Crippen LogP contribution in [-0.4, -0.2) is 6.54 Å². The third-order valence-corrected chi connectivity index (χ3v) is 3.94. The van der Waals surface area contributed by atoms with Crippen LogP contribution in [-0.2, 0) is 6.54 Å². The van der Waals surface area contributed by atoms with Gasteiger partial charge in [0.05, 0.1) is 0 Å². The summed E-state index contributed by atoms with van der Waals surface area (Å²) in [6, 6.07) is 8.77. The van der Waals surface area contributed by atoms with E-state index in [1.807, 2.05) is 0 Å². The van der Waals surface area contributed by atoms with Gasteiger partial charge in [-0.3, -0.25) is 0 Å². The summed E-state index contributed by atoms with van der Waals surface area (Å²) >= 11 is 2.35. The Labute approximate surface area is 120 Å². The van der Waals surface area contributed by atoms with E-state index in [4.69, 9.17) is 0 Å². The molecular weight excluding hydrogens is 321 g/mol. The van der Waals surface area contributed by atoms with Crippen molar-refractivity contribution in [2.45, 2.75) is 46.1 Å². The maximum Gasteiger partial charge on any atom is 0.0205 e. The van der Waals surface area contributed by atoms with Gasteiger partial charge in [-0.15, -0.1) is 0 Å². The molecule has 2 heteroatoms. The number of benzene rings is 1. The predicted octanol–water partition coefficient (Wildman–Crippen LogP) is 4.60. The molecule has 0 aromatic heterocycles. The molecule has 0 spiro atoms. The molecule has 0 saturated carbocycles. The van der Waals surface area contributed by atoms with Gasteiger partial charge in [0.15, 0.2) is 0 Å². The van der Waals surface area contributed by atoms with Crippen molar-refractivity contribution in [2.24, 2.45) is 5.92 Å². The van der Waals surface area contributed by atoms with Crippen LogP contribution in [0.5, 0.6) is 0 Å². The Bertz CT molecular complexity index is 294. The van der Waals surface area contributed by atoms with Gasteiger partial charge in [0.25, 0.3) is 0 Å². The Balaban J connectivity index is 2.23. The van der Waals surface area contributed by atoms with Crippen LogP contribution in [0.15, 0.2) is 24.3 Å². The molecule has 0 aliphatic heterocycles. The van der Waals surface area contributed by atoms with Crippen LogP contribution in [0, 0.1) is 9.49 Å². The monoisotopic (exact) mass is 345 g/mol. The van der Waals surface area contributed by atoms with Crippen molar-refractivity contribution < 1.29 is 0 Å². The molecule has 1 aromatic carbocycles. The number of halogens is 1. The fourth-order valence-corrected chi connectivity index (χ4v) is 2.33. The molecule has 0 aliphatic rings. The zero-order chi connectivity index (χ0) is 12.5. The van der Waals surface area contributed by atoms with E-state index in [1.54, 1.807) is 0 Å². The number of unbranched alkanes of at least 4 members (excludes halogenated alkanes) is 1. The highest BCUT2D eigenvalue weighted by molar-refractivity contribution is 14.1. The van der Waals surface area contributed by atoms with E-state index in [1.165, 1.54) is 34.8 Å². The van der Waals surface area contributed by atoms with Gasteiger partial charge in [0, 0.05) is 10.1 Å². The van der Waals surface area contributed by atoms with Crippen LogP contribution in [0.25, 0.3) is 0 Å². The molecule has 1 N–H and O–H groups in total. The van der Waals surface area contributed by atoms with Gasteiger partial charge in [0.1, 0.15) is 0 Å². The Hall–Kier alpha value is -0.0900. The first-order valence-electron chi connectivity index (χ1n) is 6.71. The predicted molar refractivity (Wildman–Crippen MR) is 84.2 cm³/mol. The van der Waals surface area contributed by atoms with E-state index in [2.05, 4.69) is 66.0 Å². The van der Waals surface area contributed by atoms with E-state index >= 15 is 0 Å². The summed E-state index contributed by atoms with van der Waals surface area (Å²) < 4.78 is 1.31. The lowest BCUT2D eigenvalue weighted by Crippen LogP contribution is -2.22. The number of nitrogens with one attached hydrogen (secondary N) is 1. The van der Waals surface area contributed by atoms with Gasteiger partial charge in [-0.25, -0.2) is 0 Å². The molecule has 0 radical (unpaired) electrons. The van der Waals surface area contributed by atoms with E-state index in [0.29, 0.717) is 0 Å². The van der Waals surface area contributed by atoms with Gasteiger partial charge in [0.2, 0.25) is 0 Å². The first-order valence-corrected chi connectivity index (χ1v) is 7.79. The second-order valence-electron chi connectivity index (χ2n) is 4.67. The van der Waals surface area contributed by atoms with Crippen molar-refractivity contribution in [3.05, 3.63) is 33.4 Å². The topological polar surface area (TPSA) is 12.0 Å². The van der Waals surface area contributed by atoms with Crippen LogP contribution in [0.1, 0.15) is 45.1 Å². The van der Waals surface area contributed by atoms with Crippen LogP contribution >= 0.6 is 22.6 Å². The summed E-state index contributed by atoms with van der Waals surface area (Å²) in [6.07, 6.45) is 5.34. The largest absolute Gasteiger partial charge is 0.312 e. The molecular formula is C15H24IN. The molecule has 1 rings (SSSR count). The van der Waals surface area contributed by atoms with Crippen molar-refractivity contribution in [1.29, 1.82) is 0 Å². The van der Waals surface area contributed by atoms with E-state index < -0.39 is 0 Å². The summed E-state index contributed by atoms with van der Waals surface area (Å²) in [7, 11) is 0. The van der Waals surface area contributed by atoms with Crippen LogP contribution in [0.4, 0.5) is 0 Å². The number of rotatable bonds is 8. The van der Waals surface area contributed by atoms with Crippen molar-refractivity contribution in [1.82, 2.24) is 5.32 Å². The second-order valence-corrected chi connectivity index (χ2v) is 5.92. The molecule has 0 aliphatic carbocycles. The lowest BCUT2D eigenvalue weighted by atomic mass is 9.99. The van der Waals surface area contributed by atoms with Gasteiger partial charge < -0.3 is 5.32 Å². The summed E-state index contributed by atoms with van der Waals surface area (Å²) in [5.41, 5.74) is 1.38. The van der Waals surface area contributed by atoms with E-state index in [9.17, 15) is 0 Å². The lowest BCUT2D eigenvalue weighted by Gasteiger charge is -2.15. The summed E-state index contributed by atoms with van der Waals surface area (Å²) in [6.45, 7) is 6.72. The number of hydrogen-bond acceptors (Lipinski definition) is 1. The van der Waals surface area contributed by atoms with Gasteiger partial charge in [-0.1, -0.05) is 45.2 Å². The average molecular weight is 345 g/mol. The summed E-state index contributed by atoms with van der Waals surface area (Å²) in [5.74, 6) is 0.846.